The first kappa shape index (κ1) is 16.0. The van der Waals surface area contributed by atoms with Crippen LogP contribution in [-0.2, 0) is 6.18 Å². The lowest BCUT2D eigenvalue weighted by molar-refractivity contribution is -0.137. The van der Waals surface area contributed by atoms with Gasteiger partial charge in [-0.3, -0.25) is 4.79 Å². The Morgan fingerprint density at radius 3 is 2.43 bits per heavy atom. The third-order valence-corrected chi connectivity index (χ3v) is 4.56. The molecule has 0 saturated heterocycles. The van der Waals surface area contributed by atoms with E-state index >= 15 is 0 Å². The number of aromatic nitrogens is 1. The number of hydrogen-bond donors (Lipinski definition) is 0. The van der Waals surface area contributed by atoms with Crippen LogP contribution in [0.25, 0.3) is 0 Å². The predicted molar refractivity (Wildman–Crippen MR) is 77.5 cm³/mol. The molecule has 0 radical (unpaired) electrons. The SMILES string of the molecule is CC(=O)c1ccc(Sc2ccc(C(F)(F)F)cn2)c(Br)c1. The van der Waals surface area contributed by atoms with E-state index in [1.807, 2.05) is 0 Å². The van der Waals surface area contributed by atoms with E-state index in [1.165, 1.54) is 24.8 Å². The minimum Gasteiger partial charge on any atom is -0.295 e. The fourth-order valence-corrected chi connectivity index (χ4v) is 2.90. The quantitative estimate of drug-likeness (QED) is 0.689. The molecule has 0 aliphatic carbocycles. The average Bonchev–Trinajstić information content (AvgIpc) is 2.40. The van der Waals surface area contributed by atoms with Gasteiger partial charge in [0, 0.05) is 21.1 Å². The predicted octanol–water partition coefficient (Wildman–Crippen LogP) is 5.22. The monoisotopic (exact) mass is 375 g/mol. The van der Waals surface area contributed by atoms with Crippen molar-refractivity contribution < 1.29 is 18.0 Å². The number of alkyl halides is 3. The molecule has 0 saturated carbocycles. The smallest absolute Gasteiger partial charge is 0.295 e. The maximum Gasteiger partial charge on any atom is 0.417 e. The molecule has 1 heterocycles. The lowest BCUT2D eigenvalue weighted by Gasteiger charge is -2.08. The van der Waals surface area contributed by atoms with E-state index in [0.717, 1.165) is 17.2 Å². The number of rotatable bonds is 3. The molecule has 2 aromatic rings. The molecule has 21 heavy (non-hydrogen) atoms. The van der Waals surface area contributed by atoms with Gasteiger partial charge in [-0.15, -0.1) is 0 Å². The Kier molecular flexibility index (Phi) is 4.73. The van der Waals surface area contributed by atoms with Crippen LogP contribution in [-0.4, -0.2) is 10.8 Å². The topological polar surface area (TPSA) is 30.0 Å². The second-order valence-electron chi connectivity index (χ2n) is 4.19. The van der Waals surface area contributed by atoms with Crippen LogP contribution in [0.5, 0.6) is 0 Å². The zero-order valence-electron chi connectivity index (χ0n) is 10.7. The van der Waals surface area contributed by atoms with Gasteiger partial charge in [0.2, 0.25) is 0 Å². The summed E-state index contributed by atoms with van der Waals surface area (Å²) in [6.07, 6.45) is -3.58. The first-order valence-corrected chi connectivity index (χ1v) is 7.40. The van der Waals surface area contributed by atoms with Gasteiger partial charge in [0.15, 0.2) is 5.78 Å². The average molecular weight is 376 g/mol. The molecule has 0 amide bonds. The first-order valence-electron chi connectivity index (χ1n) is 5.79. The van der Waals surface area contributed by atoms with Gasteiger partial charge in [-0.25, -0.2) is 4.98 Å². The van der Waals surface area contributed by atoms with Crippen LogP contribution in [0.15, 0.2) is 50.9 Å². The van der Waals surface area contributed by atoms with Gasteiger partial charge in [-0.2, -0.15) is 13.2 Å². The number of nitrogens with zero attached hydrogens (tertiary/aromatic N) is 1. The number of ketones is 1. The van der Waals surface area contributed by atoms with Crippen molar-refractivity contribution >= 4 is 33.5 Å². The van der Waals surface area contributed by atoms with Gasteiger partial charge in [0.1, 0.15) is 5.03 Å². The summed E-state index contributed by atoms with van der Waals surface area (Å²) in [7, 11) is 0. The molecular weight excluding hydrogens is 367 g/mol. The first-order chi connectivity index (χ1) is 9.77. The van der Waals surface area contributed by atoms with Gasteiger partial charge < -0.3 is 0 Å². The normalized spacial score (nSPS) is 11.5. The van der Waals surface area contributed by atoms with Crippen molar-refractivity contribution in [2.24, 2.45) is 0 Å². The Hall–Kier alpha value is -1.34. The number of hydrogen-bond acceptors (Lipinski definition) is 3. The largest absolute Gasteiger partial charge is 0.417 e. The minimum atomic E-state index is -4.39. The van der Waals surface area contributed by atoms with E-state index in [2.05, 4.69) is 20.9 Å². The number of pyridine rings is 1. The van der Waals surface area contributed by atoms with Crippen molar-refractivity contribution in [3.05, 3.63) is 52.1 Å². The van der Waals surface area contributed by atoms with Gasteiger partial charge in [0.05, 0.1) is 5.56 Å². The maximum atomic E-state index is 12.4. The Labute approximate surface area is 131 Å². The van der Waals surface area contributed by atoms with Gasteiger partial charge >= 0.3 is 6.18 Å². The fourth-order valence-electron chi connectivity index (χ4n) is 1.52. The highest BCUT2D eigenvalue weighted by molar-refractivity contribution is 9.10. The molecule has 1 aromatic heterocycles. The van der Waals surface area contributed by atoms with E-state index in [-0.39, 0.29) is 5.78 Å². The van der Waals surface area contributed by atoms with E-state index in [4.69, 9.17) is 0 Å². The van der Waals surface area contributed by atoms with Crippen LogP contribution < -0.4 is 0 Å². The molecule has 1 aromatic carbocycles. The molecule has 0 aliphatic heterocycles. The standard InChI is InChI=1S/C14H9BrF3NOS/c1-8(20)9-2-4-12(11(15)6-9)21-13-5-3-10(7-19-13)14(16,17)18/h2-7H,1H3. The summed E-state index contributed by atoms with van der Waals surface area (Å²) in [6, 6.07) is 7.38. The van der Waals surface area contributed by atoms with Gasteiger partial charge in [-0.1, -0.05) is 17.8 Å². The second-order valence-corrected chi connectivity index (χ2v) is 6.10. The Balaban J connectivity index is 2.20. The highest BCUT2D eigenvalue weighted by Crippen LogP contribution is 2.35. The number of benzene rings is 1. The zero-order valence-corrected chi connectivity index (χ0v) is 13.1. The molecule has 2 nitrogen and oxygen atoms in total. The molecule has 2 rings (SSSR count). The molecule has 0 bridgehead atoms. The van der Waals surface area contributed by atoms with Crippen molar-refractivity contribution in [3.63, 3.8) is 0 Å². The summed E-state index contributed by atoms with van der Waals surface area (Å²) in [5.74, 6) is -0.0556. The molecule has 7 heteroatoms. The highest BCUT2D eigenvalue weighted by atomic mass is 79.9. The molecule has 0 fully saturated rings. The second kappa shape index (κ2) is 6.19. The van der Waals surface area contributed by atoms with E-state index in [0.29, 0.717) is 15.1 Å². The van der Waals surface area contributed by atoms with Gasteiger partial charge in [-0.05, 0) is 47.1 Å². The van der Waals surface area contributed by atoms with Crippen LogP contribution in [0.4, 0.5) is 13.2 Å². The van der Waals surface area contributed by atoms with Crippen LogP contribution in [0.2, 0.25) is 0 Å². The number of halogens is 4. The summed E-state index contributed by atoms with van der Waals surface area (Å²) in [5.41, 5.74) is -0.218. The molecular formula is C14H9BrF3NOS. The summed E-state index contributed by atoms with van der Waals surface area (Å²) in [6.45, 7) is 1.46. The lowest BCUT2D eigenvalue weighted by Crippen LogP contribution is -2.05. The Morgan fingerprint density at radius 1 is 1.24 bits per heavy atom. The number of carbonyl (C=O) groups is 1. The molecule has 0 aliphatic rings. The van der Waals surface area contributed by atoms with Crippen LogP contribution in [0.3, 0.4) is 0 Å². The van der Waals surface area contributed by atoms with Gasteiger partial charge in [0.25, 0.3) is 0 Å². The molecule has 0 spiro atoms. The zero-order chi connectivity index (χ0) is 15.6. The highest BCUT2D eigenvalue weighted by Gasteiger charge is 2.30. The summed E-state index contributed by atoms with van der Waals surface area (Å²) in [5, 5.41) is 0.444. The minimum absolute atomic E-state index is 0.0556. The lowest BCUT2D eigenvalue weighted by atomic mass is 10.2. The number of Topliss-reactive ketones (excluding diaryl/α,β-unsaturated/α-hetero) is 1. The Morgan fingerprint density at radius 2 is 1.95 bits per heavy atom. The van der Waals surface area contributed by atoms with Crippen molar-refractivity contribution in [3.8, 4) is 0 Å². The van der Waals surface area contributed by atoms with Crippen molar-refractivity contribution in [1.82, 2.24) is 4.98 Å². The van der Waals surface area contributed by atoms with Crippen molar-refractivity contribution in [2.45, 2.75) is 23.0 Å². The van der Waals surface area contributed by atoms with Crippen LogP contribution in [0.1, 0.15) is 22.8 Å². The fraction of sp³-hybridized carbons (Fsp3) is 0.143. The van der Waals surface area contributed by atoms with E-state index in [1.54, 1.807) is 18.2 Å². The third kappa shape index (κ3) is 4.07. The van der Waals surface area contributed by atoms with Crippen molar-refractivity contribution in [2.75, 3.05) is 0 Å². The maximum absolute atomic E-state index is 12.4. The van der Waals surface area contributed by atoms with Crippen molar-refractivity contribution in [1.29, 1.82) is 0 Å². The third-order valence-electron chi connectivity index (χ3n) is 2.62. The summed E-state index contributed by atoms with van der Waals surface area (Å²) >= 11 is 4.56. The molecule has 0 N–H and O–H groups in total. The van der Waals surface area contributed by atoms with E-state index in [9.17, 15) is 18.0 Å². The van der Waals surface area contributed by atoms with Crippen LogP contribution >= 0.6 is 27.7 Å². The number of carbonyl (C=O) groups excluding carboxylic acids is 1. The Bertz CT molecular complexity index is 671. The summed E-state index contributed by atoms with van der Waals surface area (Å²) in [4.78, 5) is 15.8. The molecule has 0 unspecified atom stereocenters. The van der Waals surface area contributed by atoms with Crippen LogP contribution in [0, 0.1) is 0 Å². The molecule has 110 valence electrons. The molecule has 0 atom stereocenters. The van der Waals surface area contributed by atoms with E-state index < -0.39 is 11.7 Å². The summed E-state index contributed by atoms with van der Waals surface area (Å²) < 4.78 is 38.0.